The number of imidazole rings is 1. The number of aromatic nitrogens is 3. The van der Waals surface area contributed by atoms with Crippen molar-refractivity contribution in [1.82, 2.24) is 19.6 Å². The highest BCUT2D eigenvalue weighted by Gasteiger charge is 2.51. The number of fused-ring (bicyclic) bond motifs is 1. The van der Waals surface area contributed by atoms with Crippen LogP contribution in [0.3, 0.4) is 0 Å². The van der Waals surface area contributed by atoms with Crippen LogP contribution in [0.15, 0.2) is 58.4 Å². The lowest BCUT2D eigenvalue weighted by Crippen LogP contribution is -2.44. The molecule has 4 aromatic rings. The predicted octanol–water partition coefficient (Wildman–Crippen LogP) is 4.18. The van der Waals surface area contributed by atoms with Crippen LogP contribution in [-0.2, 0) is 11.3 Å². The summed E-state index contributed by atoms with van der Waals surface area (Å²) in [7, 11) is 3.75. The summed E-state index contributed by atoms with van der Waals surface area (Å²) in [5.41, 5.74) is 5.42. The fourth-order valence-corrected chi connectivity index (χ4v) is 4.52. The molecule has 14 heteroatoms. The number of nitrogens with one attached hydrogen (secondary N) is 1. The van der Waals surface area contributed by atoms with Crippen LogP contribution < -0.4 is 16.1 Å². The lowest BCUT2D eigenvalue weighted by atomic mass is 9.96. The monoisotopic (exact) mass is 544 g/mol. The Labute approximate surface area is 219 Å². The molecule has 1 aliphatic rings. The van der Waals surface area contributed by atoms with Gasteiger partial charge in [0.05, 0.1) is 23.3 Å². The molecular formula is C25H24F4N8O2. The first kappa shape index (κ1) is 26.2. The van der Waals surface area contributed by atoms with Gasteiger partial charge in [0.2, 0.25) is 5.91 Å². The van der Waals surface area contributed by atoms with E-state index >= 15 is 4.39 Å². The van der Waals surface area contributed by atoms with Gasteiger partial charge in [-0.05, 0) is 44.4 Å². The maximum absolute atomic E-state index is 15.1. The number of rotatable bonds is 6. The van der Waals surface area contributed by atoms with E-state index in [4.69, 9.17) is 10.3 Å². The van der Waals surface area contributed by atoms with Crippen molar-refractivity contribution in [1.29, 1.82) is 0 Å². The van der Waals surface area contributed by atoms with E-state index in [1.54, 1.807) is 23.0 Å². The summed E-state index contributed by atoms with van der Waals surface area (Å²) in [6.45, 7) is 1.75. The molecule has 0 aliphatic carbocycles. The molecule has 2 unspecified atom stereocenters. The van der Waals surface area contributed by atoms with Gasteiger partial charge < -0.3 is 25.0 Å². The van der Waals surface area contributed by atoms with E-state index in [9.17, 15) is 18.0 Å². The number of anilines is 3. The van der Waals surface area contributed by atoms with Gasteiger partial charge in [-0.3, -0.25) is 9.80 Å². The van der Waals surface area contributed by atoms with Gasteiger partial charge in [-0.15, -0.1) is 0 Å². The van der Waals surface area contributed by atoms with Crippen LogP contribution in [0.1, 0.15) is 12.7 Å². The molecule has 1 aliphatic heterocycles. The van der Waals surface area contributed by atoms with Crippen molar-refractivity contribution >= 4 is 39.8 Å². The summed E-state index contributed by atoms with van der Waals surface area (Å²) in [6, 6.07) is 7.05. The molecule has 39 heavy (non-hydrogen) atoms. The van der Waals surface area contributed by atoms with Crippen LogP contribution in [0.5, 0.6) is 0 Å². The number of amides is 1. The first-order chi connectivity index (χ1) is 18.4. The molecule has 204 valence electrons. The van der Waals surface area contributed by atoms with E-state index in [0.29, 0.717) is 29.0 Å². The number of hydrogen-bond donors (Lipinski definition) is 2. The molecule has 3 N–H and O–H groups in total. The van der Waals surface area contributed by atoms with Gasteiger partial charge in [-0.25, -0.2) is 9.37 Å². The number of hydrogen-bond acceptors (Lipinski definition) is 8. The number of benzene rings is 2. The number of carbonyl (C=O) groups is 1. The number of hydrazone groups is 1. The first-order valence-corrected chi connectivity index (χ1v) is 11.8. The van der Waals surface area contributed by atoms with Gasteiger partial charge >= 0.3 is 6.18 Å². The zero-order valence-electron chi connectivity index (χ0n) is 21.1. The van der Waals surface area contributed by atoms with E-state index < -0.39 is 35.6 Å². The summed E-state index contributed by atoms with van der Waals surface area (Å²) in [4.78, 5) is 19.6. The van der Waals surface area contributed by atoms with Crippen LogP contribution in [0.25, 0.3) is 16.7 Å². The van der Waals surface area contributed by atoms with Crippen molar-refractivity contribution in [2.24, 2.45) is 11.0 Å². The lowest BCUT2D eigenvalue weighted by Gasteiger charge is -2.26. The minimum atomic E-state index is -4.78. The standard InChI is InChI=1S/C25H24F4N8O2/c1-13-21(37(33-22(13)25(27,28)29)15-5-7-19-16(10-15)23(30)34-39-19)24(38)32-18-6-4-14(11-17(18)26)36-9-8-31-20(36)12-35(2)3/h4-11,13,21H,12H2,1-3H3,(H2,30,34)(H,32,38). The molecule has 2 aromatic heterocycles. The Morgan fingerprint density at radius 3 is 2.62 bits per heavy atom. The molecule has 0 saturated heterocycles. The third-order valence-corrected chi connectivity index (χ3v) is 6.35. The first-order valence-electron chi connectivity index (χ1n) is 11.8. The van der Waals surface area contributed by atoms with Gasteiger partial charge in [-0.1, -0.05) is 12.1 Å². The summed E-state index contributed by atoms with van der Waals surface area (Å²) in [5.74, 6) is -2.28. The maximum Gasteiger partial charge on any atom is 0.431 e. The van der Waals surface area contributed by atoms with Crippen LogP contribution in [0, 0.1) is 11.7 Å². The Balaban J connectivity index is 1.45. The summed E-state index contributed by atoms with van der Waals surface area (Å²) < 4.78 is 63.2. The maximum atomic E-state index is 15.1. The van der Waals surface area contributed by atoms with Crippen molar-refractivity contribution in [2.75, 3.05) is 30.2 Å². The number of halogens is 4. The average molecular weight is 545 g/mol. The third kappa shape index (κ3) is 4.90. The summed E-state index contributed by atoms with van der Waals surface area (Å²) >= 11 is 0. The number of carbonyl (C=O) groups excluding carboxylic acids is 1. The second-order valence-electron chi connectivity index (χ2n) is 9.41. The number of nitrogen functional groups attached to an aromatic ring is 1. The lowest BCUT2D eigenvalue weighted by molar-refractivity contribution is -0.118. The predicted molar refractivity (Wildman–Crippen MR) is 137 cm³/mol. The van der Waals surface area contributed by atoms with Crippen molar-refractivity contribution in [2.45, 2.75) is 25.7 Å². The van der Waals surface area contributed by atoms with Crippen LogP contribution in [0.2, 0.25) is 0 Å². The van der Waals surface area contributed by atoms with E-state index in [2.05, 4.69) is 20.6 Å². The smallest absolute Gasteiger partial charge is 0.380 e. The van der Waals surface area contributed by atoms with E-state index in [0.717, 1.165) is 5.01 Å². The van der Waals surface area contributed by atoms with E-state index in [1.165, 1.54) is 37.3 Å². The minimum absolute atomic E-state index is 0.0360. The average Bonchev–Trinajstić information content (AvgIpc) is 3.57. The Hall–Kier alpha value is -4.46. The van der Waals surface area contributed by atoms with E-state index in [1.807, 2.05) is 19.0 Å². The quantitative estimate of drug-likeness (QED) is 0.350. The number of nitrogens with zero attached hydrogens (tertiary/aromatic N) is 6. The molecule has 0 spiro atoms. The van der Waals surface area contributed by atoms with Gasteiger partial charge in [0.15, 0.2) is 11.4 Å². The summed E-state index contributed by atoms with van der Waals surface area (Å²) in [5, 5.41) is 11.1. The molecule has 3 heterocycles. The SMILES string of the molecule is CC1C(C(F)(F)F)=NN(c2ccc3onc(N)c3c2)C1C(=O)Nc1ccc(-n2ccnc2CN(C)C)cc1F. The van der Waals surface area contributed by atoms with Crippen LogP contribution in [0.4, 0.5) is 34.8 Å². The Morgan fingerprint density at radius 2 is 1.92 bits per heavy atom. The largest absolute Gasteiger partial charge is 0.431 e. The second-order valence-corrected chi connectivity index (χ2v) is 9.41. The zero-order chi connectivity index (χ0) is 28.1. The molecule has 2 atom stereocenters. The Kier molecular flexibility index (Phi) is 6.50. The number of nitrogens with two attached hydrogens (primary N) is 1. The molecule has 0 saturated carbocycles. The van der Waals surface area contributed by atoms with Gasteiger partial charge in [0.25, 0.3) is 0 Å². The van der Waals surface area contributed by atoms with Gasteiger partial charge in [-0.2, -0.15) is 18.3 Å². The van der Waals surface area contributed by atoms with Gasteiger partial charge in [0.1, 0.15) is 23.4 Å². The Bertz CT molecular complexity index is 1580. The molecule has 0 radical (unpaired) electrons. The fourth-order valence-electron chi connectivity index (χ4n) is 4.52. The molecule has 2 aromatic carbocycles. The third-order valence-electron chi connectivity index (χ3n) is 6.35. The van der Waals surface area contributed by atoms with Crippen molar-refractivity contribution in [3.8, 4) is 5.69 Å². The van der Waals surface area contributed by atoms with Crippen molar-refractivity contribution in [3.63, 3.8) is 0 Å². The van der Waals surface area contributed by atoms with Crippen molar-refractivity contribution < 1.29 is 26.9 Å². The highest BCUT2D eigenvalue weighted by atomic mass is 19.4. The zero-order valence-corrected chi connectivity index (χ0v) is 21.1. The molecule has 1 amide bonds. The highest BCUT2D eigenvalue weighted by molar-refractivity contribution is 6.06. The summed E-state index contributed by atoms with van der Waals surface area (Å²) in [6.07, 6.45) is -1.51. The topological polar surface area (TPSA) is 118 Å². The van der Waals surface area contributed by atoms with Crippen molar-refractivity contribution in [3.05, 3.63) is 60.4 Å². The molecular weight excluding hydrogens is 520 g/mol. The fraction of sp³-hybridized carbons (Fsp3) is 0.280. The normalized spacial score (nSPS) is 17.7. The molecule has 5 rings (SSSR count). The minimum Gasteiger partial charge on any atom is -0.380 e. The molecule has 0 fully saturated rings. The van der Waals surface area contributed by atoms with Crippen LogP contribution >= 0.6 is 0 Å². The Morgan fingerprint density at radius 1 is 1.18 bits per heavy atom. The highest BCUT2D eigenvalue weighted by Crippen LogP contribution is 2.37. The number of alkyl halides is 3. The molecule has 0 bridgehead atoms. The van der Waals surface area contributed by atoms with E-state index in [-0.39, 0.29) is 17.2 Å². The molecule has 10 nitrogen and oxygen atoms in total. The van der Waals surface area contributed by atoms with Crippen LogP contribution in [-0.4, -0.2) is 57.5 Å². The second kappa shape index (κ2) is 9.69. The van der Waals surface area contributed by atoms with Gasteiger partial charge in [0, 0.05) is 30.1 Å².